The van der Waals surface area contributed by atoms with Crippen molar-refractivity contribution >= 4 is 28.1 Å². The van der Waals surface area contributed by atoms with Crippen LogP contribution in [0.4, 0.5) is 5.69 Å². The summed E-state index contributed by atoms with van der Waals surface area (Å²) in [5.41, 5.74) is 6.20. The first-order chi connectivity index (χ1) is 7.07. The molecule has 0 spiro atoms. The van der Waals surface area contributed by atoms with Crippen molar-refractivity contribution in [2.24, 2.45) is 0 Å². The number of ether oxygens (including phenoxy) is 1. The van der Waals surface area contributed by atoms with Crippen LogP contribution in [0.2, 0.25) is 5.02 Å². The summed E-state index contributed by atoms with van der Waals surface area (Å²) in [5.74, 6) is 0. The van der Waals surface area contributed by atoms with Gasteiger partial charge in [0.1, 0.15) is 0 Å². The van der Waals surface area contributed by atoms with Crippen molar-refractivity contribution in [3.05, 3.63) is 23.2 Å². The summed E-state index contributed by atoms with van der Waals surface area (Å²) in [4.78, 5) is 0.503. The lowest BCUT2D eigenvalue weighted by molar-refractivity contribution is 0.202. The van der Waals surface area contributed by atoms with Crippen LogP contribution in [0.3, 0.4) is 0 Å². The fraction of sp³-hybridized carbons (Fsp3) is 0.400. The highest BCUT2D eigenvalue weighted by atomic mass is 35.5. The van der Waals surface area contributed by atoms with Gasteiger partial charge in [0, 0.05) is 12.8 Å². The molecule has 0 aliphatic heterocycles. The van der Waals surface area contributed by atoms with E-state index in [0.29, 0.717) is 22.2 Å². The van der Waals surface area contributed by atoms with Crippen LogP contribution in [0, 0.1) is 0 Å². The van der Waals surface area contributed by atoms with Crippen LogP contribution in [0.1, 0.15) is 6.92 Å². The molecule has 0 radical (unpaired) electrons. The number of methoxy groups -OCH3 is 1. The van der Waals surface area contributed by atoms with Gasteiger partial charge < -0.3 is 10.5 Å². The van der Waals surface area contributed by atoms with E-state index in [9.17, 15) is 4.21 Å². The number of benzene rings is 1. The minimum atomic E-state index is -1.23. The zero-order valence-electron chi connectivity index (χ0n) is 8.70. The number of anilines is 1. The number of nitrogen functional groups attached to an aromatic ring is 1. The zero-order valence-corrected chi connectivity index (χ0v) is 10.3. The molecule has 1 aromatic carbocycles. The molecule has 3 nitrogen and oxygen atoms in total. The summed E-state index contributed by atoms with van der Waals surface area (Å²) in [6.07, 6.45) is 0. The highest BCUT2D eigenvalue weighted by molar-refractivity contribution is 7.86. The van der Waals surface area contributed by atoms with E-state index in [4.69, 9.17) is 22.1 Å². The highest BCUT2D eigenvalue weighted by Gasteiger charge is 2.18. The SMILES string of the molecule is COCC(C)S(=O)c1c(N)cccc1Cl. The number of nitrogens with two attached hydrogens (primary N) is 1. The van der Waals surface area contributed by atoms with E-state index < -0.39 is 10.8 Å². The Morgan fingerprint density at radius 2 is 2.27 bits per heavy atom. The Morgan fingerprint density at radius 3 is 2.80 bits per heavy atom. The standard InChI is InChI=1S/C10H14ClNO2S/c1-7(6-14-2)15(13)10-8(11)4-3-5-9(10)12/h3-5,7H,6,12H2,1-2H3. The molecule has 0 aliphatic rings. The minimum absolute atomic E-state index is 0.128. The Hall–Kier alpha value is -0.580. The smallest absolute Gasteiger partial charge is 0.0807 e. The van der Waals surface area contributed by atoms with Gasteiger partial charge in [-0.15, -0.1) is 0 Å². The molecule has 2 unspecified atom stereocenters. The Kier molecular flexibility index (Phi) is 4.57. The topological polar surface area (TPSA) is 52.3 Å². The summed E-state index contributed by atoms with van der Waals surface area (Å²) in [6, 6.07) is 5.11. The van der Waals surface area contributed by atoms with Crippen molar-refractivity contribution in [3.8, 4) is 0 Å². The summed E-state index contributed by atoms with van der Waals surface area (Å²) < 4.78 is 17.0. The van der Waals surface area contributed by atoms with Gasteiger partial charge in [-0.3, -0.25) is 4.21 Å². The molecule has 0 fully saturated rings. The van der Waals surface area contributed by atoms with E-state index in [1.54, 1.807) is 25.3 Å². The van der Waals surface area contributed by atoms with Crippen LogP contribution in [-0.4, -0.2) is 23.2 Å². The van der Waals surface area contributed by atoms with Gasteiger partial charge in [-0.1, -0.05) is 17.7 Å². The van der Waals surface area contributed by atoms with Gasteiger partial charge in [-0.2, -0.15) is 0 Å². The van der Waals surface area contributed by atoms with E-state index in [1.807, 2.05) is 6.92 Å². The average Bonchev–Trinajstić information content (AvgIpc) is 2.17. The number of hydrogen-bond donors (Lipinski definition) is 1. The largest absolute Gasteiger partial charge is 0.398 e. The van der Waals surface area contributed by atoms with E-state index in [1.165, 1.54) is 0 Å². The maximum Gasteiger partial charge on any atom is 0.0807 e. The Bertz CT molecular complexity index is 350. The Balaban J connectivity index is 3.00. The predicted molar refractivity (Wildman–Crippen MR) is 63.6 cm³/mol. The molecule has 0 heterocycles. The van der Waals surface area contributed by atoms with Gasteiger partial charge in [-0.25, -0.2) is 0 Å². The van der Waals surface area contributed by atoms with Crippen LogP contribution in [0.15, 0.2) is 23.1 Å². The molecule has 0 saturated carbocycles. The van der Waals surface area contributed by atoms with Crippen molar-refractivity contribution in [1.29, 1.82) is 0 Å². The molecule has 84 valence electrons. The molecular weight excluding hydrogens is 234 g/mol. The van der Waals surface area contributed by atoms with Gasteiger partial charge in [0.05, 0.1) is 32.6 Å². The fourth-order valence-corrected chi connectivity index (χ4v) is 2.87. The van der Waals surface area contributed by atoms with Gasteiger partial charge in [-0.05, 0) is 19.1 Å². The summed E-state index contributed by atoms with van der Waals surface area (Å²) in [5, 5.41) is 0.313. The molecule has 1 aromatic rings. The second-order valence-corrected chi connectivity index (χ2v) is 5.44. The van der Waals surface area contributed by atoms with Crippen LogP contribution in [0.25, 0.3) is 0 Å². The molecule has 0 aliphatic carbocycles. The van der Waals surface area contributed by atoms with Gasteiger partial charge in [0.2, 0.25) is 0 Å². The molecule has 15 heavy (non-hydrogen) atoms. The monoisotopic (exact) mass is 247 g/mol. The fourth-order valence-electron chi connectivity index (χ4n) is 1.24. The summed E-state index contributed by atoms with van der Waals surface area (Å²) >= 11 is 5.95. The third-order valence-electron chi connectivity index (χ3n) is 1.97. The average molecular weight is 248 g/mol. The molecule has 1 rings (SSSR count). The van der Waals surface area contributed by atoms with Gasteiger partial charge >= 0.3 is 0 Å². The van der Waals surface area contributed by atoms with E-state index >= 15 is 0 Å². The molecule has 0 saturated heterocycles. The number of hydrogen-bond acceptors (Lipinski definition) is 3. The van der Waals surface area contributed by atoms with Gasteiger partial charge in [0.25, 0.3) is 0 Å². The van der Waals surface area contributed by atoms with E-state index in [-0.39, 0.29) is 5.25 Å². The second-order valence-electron chi connectivity index (χ2n) is 3.22. The lowest BCUT2D eigenvalue weighted by atomic mass is 10.3. The van der Waals surface area contributed by atoms with Crippen molar-refractivity contribution < 1.29 is 8.95 Å². The van der Waals surface area contributed by atoms with E-state index in [2.05, 4.69) is 0 Å². The maximum absolute atomic E-state index is 12.0. The maximum atomic E-state index is 12.0. The third-order valence-corrected chi connectivity index (χ3v) is 4.12. The summed E-state index contributed by atoms with van der Waals surface area (Å²) in [6.45, 7) is 2.25. The first-order valence-corrected chi connectivity index (χ1v) is 6.10. The van der Waals surface area contributed by atoms with Gasteiger partial charge in [0.15, 0.2) is 0 Å². The predicted octanol–water partition coefficient (Wildman–Crippen LogP) is 2.06. The van der Waals surface area contributed by atoms with Crippen molar-refractivity contribution in [2.75, 3.05) is 19.5 Å². The molecule has 2 N–H and O–H groups in total. The molecule has 5 heteroatoms. The lowest BCUT2D eigenvalue weighted by Crippen LogP contribution is -2.18. The van der Waals surface area contributed by atoms with Crippen molar-refractivity contribution in [2.45, 2.75) is 17.1 Å². The summed E-state index contributed by atoms with van der Waals surface area (Å²) in [7, 11) is 0.340. The highest BCUT2D eigenvalue weighted by Crippen LogP contribution is 2.27. The molecule has 0 amide bonds. The van der Waals surface area contributed by atoms with E-state index in [0.717, 1.165) is 0 Å². The normalized spacial score (nSPS) is 14.9. The minimum Gasteiger partial charge on any atom is -0.398 e. The zero-order chi connectivity index (χ0) is 11.4. The lowest BCUT2D eigenvalue weighted by Gasteiger charge is -2.13. The second kappa shape index (κ2) is 5.49. The molecule has 2 atom stereocenters. The first kappa shape index (κ1) is 12.5. The number of halogens is 1. The first-order valence-electron chi connectivity index (χ1n) is 4.51. The Morgan fingerprint density at radius 1 is 1.60 bits per heavy atom. The van der Waals surface area contributed by atoms with Crippen LogP contribution in [-0.2, 0) is 15.5 Å². The van der Waals surface area contributed by atoms with Crippen LogP contribution >= 0.6 is 11.6 Å². The molecular formula is C10H14ClNO2S. The van der Waals surface area contributed by atoms with Crippen molar-refractivity contribution in [3.63, 3.8) is 0 Å². The van der Waals surface area contributed by atoms with Crippen molar-refractivity contribution in [1.82, 2.24) is 0 Å². The quantitative estimate of drug-likeness (QED) is 0.829. The van der Waals surface area contributed by atoms with Crippen LogP contribution in [0.5, 0.6) is 0 Å². The molecule has 0 bridgehead atoms. The Labute approximate surface area is 97.0 Å². The third kappa shape index (κ3) is 2.93. The molecule has 0 aromatic heterocycles. The van der Waals surface area contributed by atoms with Crippen LogP contribution < -0.4 is 5.73 Å². The number of rotatable bonds is 4.